The predicted molar refractivity (Wildman–Crippen MR) is 97.7 cm³/mol. The van der Waals surface area contributed by atoms with Gasteiger partial charge in [-0.1, -0.05) is 11.3 Å². The van der Waals surface area contributed by atoms with Gasteiger partial charge in [0.1, 0.15) is 10.3 Å². The number of H-pyrrole nitrogens is 1. The SMILES string of the molecule is O=C(NCCc1cnc[nH]1)C1CCN(c2nc3cccnc3s2)CC1. The zero-order valence-electron chi connectivity index (χ0n) is 13.8. The number of hydrogen-bond acceptors (Lipinski definition) is 6. The van der Waals surface area contributed by atoms with Crippen molar-refractivity contribution in [1.29, 1.82) is 0 Å². The lowest BCUT2D eigenvalue weighted by molar-refractivity contribution is -0.125. The molecule has 0 unspecified atom stereocenters. The van der Waals surface area contributed by atoms with Gasteiger partial charge < -0.3 is 15.2 Å². The van der Waals surface area contributed by atoms with Crippen LogP contribution in [0.2, 0.25) is 0 Å². The second-order valence-corrected chi connectivity index (χ2v) is 7.16. The average Bonchev–Trinajstić information content (AvgIpc) is 3.31. The largest absolute Gasteiger partial charge is 0.355 e. The number of carbonyl (C=O) groups excluding carboxylic acids is 1. The molecular weight excluding hydrogens is 336 g/mol. The number of amides is 1. The van der Waals surface area contributed by atoms with Crippen LogP contribution in [0.3, 0.4) is 0 Å². The Morgan fingerprint density at radius 3 is 3.04 bits per heavy atom. The normalized spacial score (nSPS) is 15.6. The van der Waals surface area contributed by atoms with Crippen LogP contribution in [-0.2, 0) is 11.2 Å². The van der Waals surface area contributed by atoms with Crippen molar-refractivity contribution in [1.82, 2.24) is 25.3 Å². The maximum atomic E-state index is 12.3. The monoisotopic (exact) mass is 356 g/mol. The topological polar surface area (TPSA) is 86.8 Å². The third-order valence-corrected chi connectivity index (χ3v) is 5.58. The number of carbonyl (C=O) groups is 1. The van der Waals surface area contributed by atoms with E-state index in [0.717, 1.165) is 53.5 Å². The van der Waals surface area contributed by atoms with Gasteiger partial charge in [0, 0.05) is 50.1 Å². The summed E-state index contributed by atoms with van der Waals surface area (Å²) in [6, 6.07) is 3.90. The van der Waals surface area contributed by atoms with Crippen molar-refractivity contribution in [3.63, 3.8) is 0 Å². The van der Waals surface area contributed by atoms with E-state index in [-0.39, 0.29) is 11.8 Å². The summed E-state index contributed by atoms with van der Waals surface area (Å²) in [5.41, 5.74) is 1.99. The van der Waals surface area contributed by atoms with Gasteiger partial charge in [-0.3, -0.25) is 4.79 Å². The molecule has 25 heavy (non-hydrogen) atoms. The zero-order valence-corrected chi connectivity index (χ0v) is 14.6. The molecule has 2 N–H and O–H groups in total. The van der Waals surface area contributed by atoms with E-state index < -0.39 is 0 Å². The Bertz CT molecular complexity index is 805. The molecule has 0 atom stereocenters. The summed E-state index contributed by atoms with van der Waals surface area (Å²) in [5.74, 6) is 0.246. The quantitative estimate of drug-likeness (QED) is 0.730. The number of aromatic amines is 1. The van der Waals surface area contributed by atoms with Crippen LogP contribution in [0.15, 0.2) is 30.9 Å². The minimum atomic E-state index is 0.0884. The second-order valence-electron chi connectivity index (χ2n) is 6.20. The molecule has 0 aliphatic carbocycles. The Morgan fingerprint density at radius 1 is 1.40 bits per heavy atom. The summed E-state index contributed by atoms with van der Waals surface area (Å²) in [7, 11) is 0. The Labute approximate surface area is 149 Å². The lowest BCUT2D eigenvalue weighted by Crippen LogP contribution is -2.41. The number of hydrogen-bond donors (Lipinski definition) is 2. The Morgan fingerprint density at radius 2 is 2.28 bits per heavy atom. The first-order chi connectivity index (χ1) is 12.3. The van der Waals surface area contributed by atoms with Crippen molar-refractivity contribution >= 4 is 32.7 Å². The van der Waals surface area contributed by atoms with Crippen molar-refractivity contribution in [2.24, 2.45) is 5.92 Å². The van der Waals surface area contributed by atoms with E-state index in [2.05, 4.69) is 30.2 Å². The maximum absolute atomic E-state index is 12.3. The number of piperidine rings is 1. The van der Waals surface area contributed by atoms with Crippen LogP contribution in [-0.4, -0.2) is 45.5 Å². The molecule has 130 valence electrons. The van der Waals surface area contributed by atoms with Gasteiger partial charge in [0.25, 0.3) is 0 Å². The lowest BCUT2D eigenvalue weighted by atomic mass is 9.96. The number of fused-ring (bicyclic) bond motifs is 1. The Hall–Kier alpha value is -2.48. The molecule has 4 rings (SSSR count). The van der Waals surface area contributed by atoms with Crippen LogP contribution in [0.4, 0.5) is 5.13 Å². The van der Waals surface area contributed by atoms with E-state index in [1.165, 1.54) is 0 Å². The lowest BCUT2D eigenvalue weighted by Gasteiger charge is -2.30. The Balaban J connectivity index is 1.28. The number of rotatable bonds is 5. The van der Waals surface area contributed by atoms with Gasteiger partial charge in [-0.15, -0.1) is 0 Å². The predicted octanol–water partition coefficient (Wildman–Crippen LogP) is 1.99. The molecule has 0 spiro atoms. The van der Waals surface area contributed by atoms with Crippen molar-refractivity contribution in [3.05, 3.63) is 36.5 Å². The first-order valence-electron chi connectivity index (χ1n) is 8.51. The van der Waals surface area contributed by atoms with Gasteiger partial charge >= 0.3 is 0 Å². The van der Waals surface area contributed by atoms with Gasteiger partial charge in [-0.2, -0.15) is 0 Å². The molecule has 0 bridgehead atoms. The van der Waals surface area contributed by atoms with E-state index in [1.807, 2.05) is 12.1 Å². The maximum Gasteiger partial charge on any atom is 0.223 e. The first-order valence-corrected chi connectivity index (χ1v) is 9.33. The third-order valence-electron chi connectivity index (χ3n) is 4.54. The van der Waals surface area contributed by atoms with Crippen LogP contribution in [0.5, 0.6) is 0 Å². The highest BCUT2D eigenvalue weighted by Gasteiger charge is 2.26. The molecule has 3 aromatic rings. The molecular formula is C17H20N6OS. The fourth-order valence-corrected chi connectivity index (χ4v) is 4.07. The fourth-order valence-electron chi connectivity index (χ4n) is 3.11. The molecule has 1 fully saturated rings. The molecule has 0 radical (unpaired) electrons. The fraction of sp³-hybridized carbons (Fsp3) is 0.412. The van der Waals surface area contributed by atoms with E-state index in [0.29, 0.717) is 6.54 Å². The number of nitrogens with one attached hydrogen (secondary N) is 2. The van der Waals surface area contributed by atoms with Crippen molar-refractivity contribution in [2.75, 3.05) is 24.5 Å². The van der Waals surface area contributed by atoms with E-state index >= 15 is 0 Å². The van der Waals surface area contributed by atoms with Crippen molar-refractivity contribution in [2.45, 2.75) is 19.3 Å². The minimum absolute atomic E-state index is 0.0884. The van der Waals surface area contributed by atoms with Crippen LogP contribution in [0.25, 0.3) is 10.3 Å². The first kappa shape index (κ1) is 16.0. The van der Waals surface area contributed by atoms with E-state index in [4.69, 9.17) is 0 Å². The molecule has 4 heterocycles. The summed E-state index contributed by atoms with van der Waals surface area (Å²) in [6.45, 7) is 2.36. The minimum Gasteiger partial charge on any atom is -0.355 e. The summed E-state index contributed by atoms with van der Waals surface area (Å²) in [5, 5.41) is 4.04. The summed E-state index contributed by atoms with van der Waals surface area (Å²) in [4.78, 5) is 31.6. The van der Waals surface area contributed by atoms with Gasteiger partial charge in [-0.05, 0) is 25.0 Å². The molecule has 1 saturated heterocycles. The van der Waals surface area contributed by atoms with Crippen LogP contribution >= 0.6 is 11.3 Å². The second kappa shape index (κ2) is 7.18. The third kappa shape index (κ3) is 3.63. The average molecular weight is 356 g/mol. The highest BCUT2D eigenvalue weighted by molar-refractivity contribution is 7.21. The zero-order chi connectivity index (χ0) is 17.1. The van der Waals surface area contributed by atoms with E-state index in [9.17, 15) is 4.79 Å². The van der Waals surface area contributed by atoms with Crippen LogP contribution in [0, 0.1) is 5.92 Å². The van der Waals surface area contributed by atoms with Gasteiger partial charge in [0.2, 0.25) is 5.91 Å². The van der Waals surface area contributed by atoms with Gasteiger partial charge in [-0.25, -0.2) is 15.0 Å². The van der Waals surface area contributed by atoms with E-state index in [1.54, 1.807) is 30.1 Å². The molecule has 0 saturated carbocycles. The molecule has 0 aromatic carbocycles. The number of anilines is 1. The number of pyridine rings is 1. The molecule has 1 amide bonds. The number of imidazole rings is 1. The molecule has 1 aliphatic rings. The standard InChI is InChI=1S/C17H20N6OS/c24-15(19-7-3-13-10-18-11-21-13)12-4-8-23(9-5-12)17-22-14-2-1-6-20-16(14)25-17/h1-2,6,10-12H,3-5,7-9H2,(H,18,21)(H,19,24). The summed E-state index contributed by atoms with van der Waals surface area (Å²) >= 11 is 1.62. The van der Waals surface area contributed by atoms with Gasteiger partial charge in [0.15, 0.2) is 5.13 Å². The van der Waals surface area contributed by atoms with Crippen LogP contribution < -0.4 is 10.2 Å². The molecule has 3 aromatic heterocycles. The number of thiazole rings is 1. The molecule has 1 aliphatic heterocycles. The summed E-state index contributed by atoms with van der Waals surface area (Å²) < 4.78 is 0. The molecule has 7 nitrogen and oxygen atoms in total. The van der Waals surface area contributed by atoms with Crippen LogP contribution in [0.1, 0.15) is 18.5 Å². The molecule has 8 heteroatoms. The highest BCUT2D eigenvalue weighted by Crippen LogP contribution is 2.30. The van der Waals surface area contributed by atoms with Crippen molar-refractivity contribution < 1.29 is 4.79 Å². The summed E-state index contributed by atoms with van der Waals surface area (Å²) in [6.07, 6.45) is 7.74. The number of aromatic nitrogens is 4. The highest BCUT2D eigenvalue weighted by atomic mass is 32.1. The van der Waals surface area contributed by atoms with Gasteiger partial charge in [0.05, 0.1) is 6.33 Å². The van der Waals surface area contributed by atoms with Crippen molar-refractivity contribution in [3.8, 4) is 0 Å². The smallest absolute Gasteiger partial charge is 0.223 e. The number of nitrogens with zero attached hydrogens (tertiary/aromatic N) is 4. The Kier molecular flexibility index (Phi) is 4.60.